The molecule has 4 rings (SSSR count). The van der Waals surface area contributed by atoms with Gasteiger partial charge >= 0.3 is 0 Å². The average molecular weight is 505 g/mol. The Kier molecular flexibility index (Phi) is 7.87. The molecule has 0 spiro atoms. The van der Waals surface area contributed by atoms with Crippen molar-refractivity contribution >= 4 is 11.6 Å². The molecule has 0 aliphatic heterocycles. The molecule has 9 nitrogen and oxygen atoms in total. The number of ketones is 2. The molecule has 0 aliphatic carbocycles. The van der Waals surface area contributed by atoms with E-state index in [1.54, 1.807) is 49.4 Å². The van der Waals surface area contributed by atoms with Crippen molar-refractivity contribution in [2.45, 2.75) is 26.4 Å². The number of hydrogen-bond donors (Lipinski definition) is 1. The van der Waals surface area contributed by atoms with Crippen molar-refractivity contribution in [2.75, 3.05) is 14.2 Å². The maximum Gasteiger partial charge on any atom is 0.181 e. The van der Waals surface area contributed by atoms with Gasteiger partial charge in [0, 0.05) is 24.0 Å². The van der Waals surface area contributed by atoms with Crippen LogP contribution in [-0.2, 0) is 6.61 Å². The average Bonchev–Trinajstić information content (AvgIpc) is 3.45. The number of rotatable bonds is 11. The molecule has 37 heavy (non-hydrogen) atoms. The largest absolute Gasteiger partial charge is 0.494 e. The summed E-state index contributed by atoms with van der Waals surface area (Å²) in [6.45, 7) is 1.81. The monoisotopic (exact) mass is 504 g/mol. The Bertz CT molecular complexity index is 1420. The number of benzene rings is 2. The molecule has 0 bridgehead atoms. The highest BCUT2D eigenvalue weighted by atomic mass is 19.1. The number of aromatic nitrogens is 4. The fourth-order valence-corrected chi connectivity index (χ4v) is 3.67. The summed E-state index contributed by atoms with van der Waals surface area (Å²) in [5, 5.41) is 6.46. The zero-order valence-electron chi connectivity index (χ0n) is 20.6. The Morgan fingerprint density at radius 3 is 2.38 bits per heavy atom. The summed E-state index contributed by atoms with van der Waals surface area (Å²) in [6, 6.07) is 12.6. The Morgan fingerprint density at radius 1 is 0.919 bits per heavy atom. The number of halogens is 1. The molecule has 0 saturated heterocycles. The molecule has 0 saturated carbocycles. The van der Waals surface area contributed by atoms with Crippen molar-refractivity contribution < 1.29 is 28.2 Å². The minimum Gasteiger partial charge on any atom is -0.494 e. The van der Waals surface area contributed by atoms with Gasteiger partial charge in [0.1, 0.15) is 35.9 Å². The van der Waals surface area contributed by atoms with E-state index in [0.717, 1.165) is 0 Å². The Hall–Kier alpha value is -4.60. The van der Waals surface area contributed by atoms with E-state index in [1.165, 1.54) is 26.6 Å². The topological polar surface area (TPSA) is 116 Å². The lowest BCUT2D eigenvalue weighted by Crippen LogP contribution is -2.08. The fraction of sp³-hybridized carbons (Fsp3) is 0.222. The summed E-state index contributed by atoms with van der Waals surface area (Å²) < 4.78 is 30.1. The van der Waals surface area contributed by atoms with Gasteiger partial charge in [-0.15, -0.1) is 0 Å². The number of nitrogens with zero attached hydrogens (tertiary/aromatic N) is 3. The number of hydrogen-bond acceptors (Lipinski definition) is 8. The second kappa shape index (κ2) is 11.4. The highest BCUT2D eigenvalue weighted by Crippen LogP contribution is 2.31. The van der Waals surface area contributed by atoms with E-state index < -0.39 is 0 Å². The van der Waals surface area contributed by atoms with Gasteiger partial charge in [0.2, 0.25) is 0 Å². The van der Waals surface area contributed by atoms with Gasteiger partial charge < -0.3 is 14.2 Å². The number of carbonyl (C=O) groups excluding carboxylic acids is 2. The summed E-state index contributed by atoms with van der Waals surface area (Å²) in [4.78, 5) is 34.2. The first-order chi connectivity index (χ1) is 17.9. The van der Waals surface area contributed by atoms with Crippen LogP contribution in [0, 0.1) is 12.7 Å². The summed E-state index contributed by atoms with van der Waals surface area (Å²) in [6.07, 6.45) is 1.33. The molecular weight excluding hydrogens is 479 g/mol. The Balaban J connectivity index is 1.44. The second-order valence-electron chi connectivity index (χ2n) is 8.14. The lowest BCUT2D eigenvalue weighted by molar-refractivity contribution is 0.0915. The summed E-state index contributed by atoms with van der Waals surface area (Å²) in [7, 11) is 2.97. The SMILES string of the molecule is COc1cc(C(=O)CCC(=O)c2ccc(OC)c(-c3ccc(F)c(C)c3)n2)ccc1OCc1ncn[nH]1. The minimum atomic E-state index is -0.334. The van der Waals surface area contributed by atoms with Crippen molar-refractivity contribution in [2.24, 2.45) is 0 Å². The number of pyridine rings is 1. The van der Waals surface area contributed by atoms with Crippen LogP contribution in [0.15, 0.2) is 54.9 Å². The van der Waals surface area contributed by atoms with E-state index in [9.17, 15) is 14.0 Å². The van der Waals surface area contributed by atoms with E-state index in [4.69, 9.17) is 14.2 Å². The third-order valence-electron chi connectivity index (χ3n) is 5.69. The van der Waals surface area contributed by atoms with Crippen molar-refractivity contribution in [3.63, 3.8) is 0 Å². The number of carbonyl (C=O) groups is 2. The highest BCUT2D eigenvalue weighted by molar-refractivity contribution is 6.02. The van der Waals surface area contributed by atoms with Gasteiger partial charge in [-0.1, -0.05) is 0 Å². The predicted molar refractivity (Wildman–Crippen MR) is 133 cm³/mol. The van der Waals surface area contributed by atoms with E-state index >= 15 is 0 Å². The number of aromatic amines is 1. The number of ether oxygens (including phenoxy) is 3. The first-order valence-electron chi connectivity index (χ1n) is 11.4. The number of methoxy groups -OCH3 is 2. The van der Waals surface area contributed by atoms with E-state index in [-0.39, 0.29) is 42.5 Å². The Labute approximate surface area is 212 Å². The molecule has 2 aromatic carbocycles. The number of H-pyrrole nitrogens is 1. The second-order valence-corrected chi connectivity index (χ2v) is 8.14. The van der Waals surface area contributed by atoms with Crippen LogP contribution in [0.25, 0.3) is 11.3 Å². The first kappa shape index (κ1) is 25.5. The van der Waals surface area contributed by atoms with Crippen LogP contribution >= 0.6 is 0 Å². The maximum absolute atomic E-state index is 13.7. The molecule has 0 amide bonds. The molecule has 10 heteroatoms. The van der Waals surface area contributed by atoms with Gasteiger partial charge in [0.15, 0.2) is 28.9 Å². The molecule has 4 aromatic rings. The summed E-state index contributed by atoms with van der Waals surface area (Å²) in [5.74, 6) is 0.970. The molecule has 0 fully saturated rings. The van der Waals surface area contributed by atoms with Crippen LogP contribution in [0.4, 0.5) is 4.39 Å². The molecule has 0 unspecified atom stereocenters. The van der Waals surface area contributed by atoms with E-state index in [2.05, 4.69) is 20.2 Å². The van der Waals surface area contributed by atoms with Gasteiger partial charge in [0.25, 0.3) is 0 Å². The quantitative estimate of drug-likeness (QED) is 0.291. The third kappa shape index (κ3) is 5.97. The summed E-state index contributed by atoms with van der Waals surface area (Å²) >= 11 is 0. The van der Waals surface area contributed by atoms with Crippen LogP contribution in [0.1, 0.15) is 45.1 Å². The van der Waals surface area contributed by atoms with Crippen molar-refractivity contribution in [3.8, 4) is 28.5 Å². The number of nitrogens with one attached hydrogen (secondary N) is 1. The first-order valence-corrected chi connectivity index (χ1v) is 11.4. The third-order valence-corrected chi connectivity index (χ3v) is 5.69. The van der Waals surface area contributed by atoms with Crippen LogP contribution in [-0.4, -0.2) is 46.0 Å². The number of aryl methyl sites for hydroxylation is 1. The summed E-state index contributed by atoms with van der Waals surface area (Å²) in [5.41, 5.74) is 2.09. The molecule has 1 N–H and O–H groups in total. The lowest BCUT2D eigenvalue weighted by atomic mass is 10.0. The minimum absolute atomic E-state index is 0.0149. The van der Waals surface area contributed by atoms with Gasteiger partial charge in [-0.05, 0) is 61.0 Å². The maximum atomic E-state index is 13.7. The Morgan fingerprint density at radius 2 is 1.68 bits per heavy atom. The predicted octanol–water partition coefficient (Wildman–Crippen LogP) is 4.76. The molecular formula is C27H25FN4O5. The van der Waals surface area contributed by atoms with Crippen LogP contribution in [0.2, 0.25) is 0 Å². The molecule has 0 atom stereocenters. The zero-order chi connectivity index (χ0) is 26.4. The molecule has 2 heterocycles. The van der Waals surface area contributed by atoms with Gasteiger partial charge in [-0.3, -0.25) is 14.7 Å². The van der Waals surface area contributed by atoms with E-state index in [1.807, 2.05) is 0 Å². The molecule has 0 aliphatic rings. The fourth-order valence-electron chi connectivity index (χ4n) is 3.67. The highest BCUT2D eigenvalue weighted by Gasteiger charge is 2.17. The molecule has 190 valence electrons. The van der Waals surface area contributed by atoms with Gasteiger partial charge in [-0.25, -0.2) is 14.4 Å². The lowest BCUT2D eigenvalue weighted by Gasteiger charge is -2.12. The normalized spacial score (nSPS) is 10.7. The van der Waals surface area contributed by atoms with E-state index in [0.29, 0.717) is 45.5 Å². The van der Waals surface area contributed by atoms with Crippen LogP contribution in [0.5, 0.6) is 17.2 Å². The molecule has 2 aromatic heterocycles. The van der Waals surface area contributed by atoms with Gasteiger partial charge in [0.05, 0.1) is 14.2 Å². The molecule has 0 radical (unpaired) electrons. The zero-order valence-corrected chi connectivity index (χ0v) is 20.6. The smallest absolute Gasteiger partial charge is 0.181 e. The van der Waals surface area contributed by atoms with Crippen molar-refractivity contribution in [1.29, 1.82) is 0 Å². The van der Waals surface area contributed by atoms with Crippen molar-refractivity contribution in [3.05, 3.63) is 83.3 Å². The van der Waals surface area contributed by atoms with Crippen LogP contribution < -0.4 is 14.2 Å². The standard InChI is InChI=1S/C27H25FN4O5/c1-16-12-18(4-6-19(16)28)27-24(35-2)11-7-20(31-27)22(34)9-8-21(33)17-5-10-23(25(13-17)36-3)37-14-26-29-15-30-32-26/h4-7,10-13,15H,8-9,14H2,1-3H3,(H,29,30,32). The number of Topliss-reactive ketones (excluding diaryl/α,β-unsaturated/α-hetero) is 2. The van der Waals surface area contributed by atoms with Crippen LogP contribution in [0.3, 0.4) is 0 Å². The van der Waals surface area contributed by atoms with Crippen molar-refractivity contribution in [1.82, 2.24) is 20.2 Å². The van der Waals surface area contributed by atoms with Gasteiger partial charge in [-0.2, -0.15) is 5.10 Å².